The van der Waals surface area contributed by atoms with Crippen molar-refractivity contribution in [2.24, 2.45) is 0 Å². The Hall–Kier alpha value is -2.66. The quantitative estimate of drug-likeness (QED) is 0.0544. The third-order valence-electron chi connectivity index (χ3n) is 7.10. The Labute approximate surface area is 268 Å². The third kappa shape index (κ3) is 8.20. The summed E-state index contributed by atoms with van der Waals surface area (Å²) < 4.78 is 68.6. The Morgan fingerprint density at radius 3 is 2.25 bits per heavy atom. The molecule has 0 aromatic carbocycles. The van der Waals surface area contributed by atoms with Crippen molar-refractivity contribution in [1.82, 2.24) is 19.5 Å². The van der Waals surface area contributed by atoms with Gasteiger partial charge in [-0.25, -0.2) is 28.6 Å². The van der Waals surface area contributed by atoms with Crippen LogP contribution in [0.15, 0.2) is 37.2 Å². The van der Waals surface area contributed by atoms with E-state index < -0.39 is 85.8 Å². The molecular formula is C22H30N6O17P3+. The number of ether oxygens (including phenoxy) is 2. The summed E-state index contributed by atoms with van der Waals surface area (Å²) in [6, 6.07) is 2.99. The molecule has 10 atom stereocenters. The van der Waals surface area contributed by atoms with Gasteiger partial charge in [0.05, 0.1) is 25.1 Å². The number of carbonyl (C=O) groups is 1. The van der Waals surface area contributed by atoms with Crippen LogP contribution < -0.4 is 10.3 Å². The molecule has 0 saturated carbocycles. The van der Waals surface area contributed by atoms with Gasteiger partial charge in [0.2, 0.25) is 0 Å². The number of hydrogen-bond donors (Lipinski definition) is 8. The summed E-state index contributed by atoms with van der Waals surface area (Å²) in [5.74, 6) is -0.344. The summed E-state index contributed by atoms with van der Waals surface area (Å²) in [7, 11) is -16.2. The molecule has 0 radical (unpaired) electrons. The number of rotatable bonds is 13. The van der Waals surface area contributed by atoms with Crippen LogP contribution in [0.3, 0.4) is 0 Å². The number of carbonyl (C=O) groups excluding carboxylic acids is 1. The van der Waals surface area contributed by atoms with E-state index in [0.717, 1.165) is 17.2 Å². The molecular weight excluding hydrogens is 713 g/mol. The molecule has 2 fully saturated rings. The second kappa shape index (κ2) is 13.9. The highest BCUT2D eigenvalue weighted by atomic mass is 31.3. The molecule has 26 heteroatoms. The number of Topliss-reactive ketones (excluding diaryl/α,β-unsaturated/α-hetero) is 1. The van der Waals surface area contributed by atoms with E-state index in [9.17, 15) is 53.4 Å². The summed E-state index contributed by atoms with van der Waals surface area (Å²) in [6.45, 7) is -0.687. The van der Waals surface area contributed by atoms with Gasteiger partial charge in [0.1, 0.15) is 42.4 Å². The largest absolute Gasteiger partial charge is 0.481 e. The minimum Gasteiger partial charge on any atom is -0.387 e. The number of nitrogens with zero attached hydrogens (tertiary/aromatic N) is 5. The Kier molecular flexibility index (Phi) is 10.6. The lowest BCUT2D eigenvalue weighted by Crippen LogP contribution is -2.46. The number of nitrogens with two attached hydrogens (primary N) is 1. The van der Waals surface area contributed by atoms with E-state index in [4.69, 9.17) is 28.8 Å². The van der Waals surface area contributed by atoms with E-state index in [1.165, 1.54) is 36.0 Å². The zero-order valence-corrected chi connectivity index (χ0v) is 27.0. The number of imidazole rings is 1. The molecule has 2 unspecified atom stereocenters. The number of nitrogen functional groups attached to an aromatic ring is 1. The predicted octanol–water partition coefficient (Wildman–Crippen LogP) is -1.80. The average molecular weight is 743 g/mol. The fraction of sp³-hybridized carbons (Fsp3) is 0.500. The molecule has 2 saturated heterocycles. The van der Waals surface area contributed by atoms with E-state index in [0.29, 0.717) is 0 Å². The Morgan fingerprint density at radius 1 is 0.979 bits per heavy atom. The Balaban J connectivity index is 1.21. The summed E-state index contributed by atoms with van der Waals surface area (Å²) in [6.07, 6.45) is -8.01. The first-order valence-corrected chi connectivity index (χ1v) is 18.1. The minimum atomic E-state index is -5.51. The predicted molar refractivity (Wildman–Crippen MR) is 152 cm³/mol. The first-order valence-electron chi connectivity index (χ1n) is 13.6. The number of fused-ring (bicyclic) bond motifs is 1. The molecule has 5 rings (SSSR count). The van der Waals surface area contributed by atoms with Crippen LogP contribution in [0.2, 0.25) is 0 Å². The lowest BCUT2D eigenvalue weighted by Gasteiger charge is -2.22. The van der Waals surface area contributed by atoms with E-state index >= 15 is 0 Å². The van der Waals surface area contributed by atoms with Gasteiger partial charge in [0, 0.05) is 6.07 Å². The molecule has 3 aromatic heterocycles. The van der Waals surface area contributed by atoms with Crippen molar-refractivity contribution in [1.29, 1.82) is 0 Å². The number of aromatic nitrogens is 5. The number of aliphatic hydroxyl groups is 3. The molecule has 0 spiro atoms. The lowest BCUT2D eigenvalue weighted by molar-refractivity contribution is -0.765. The van der Waals surface area contributed by atoms with Gasteiger partial charge in [0.15, 0.2) is 42.0 Å². The fourth-order valence-corrected chi connectivity index (χ4v) is 7.53. The summed E-state index contributed by atoms with van der Waals surface area (Å²) >= 11 is 0. The van der Waals surface area contributed by atoms with Gasteiger partial charge in [-0.15, -0.1) is 0 Å². The molecule has 264 valence electrons. The first-order chi connectivity index (χ1) is 22.4. The van der Waals surface area contributed by atoms with Gasteiger partial charge in [0.25, 0.3) is 6.23 Å². The number of phosphoric acid groups is 3. The lowest BCUT2D eigenvalue weighted by atomic mass is 10.1. The number of ketones is 1. The molecule has 9 N–H and O–H groups in total. The highest BCUT2D eigenvalue weighted by molar-refractivity contribution is 7.61. The Morgan fingerprint density at radius 2 is 1.62 bits per heavy atom. The molecule has 3 aromatic rings. The summed E-state index contributed by atoms with van der Waals surface area (Å²) in [5, 5.41) is 31.6. The number of aliphatic hydroxyl groups excluding tert-OH is 3. The second-order valence-electron chi connectivity index (χ2n) is 10.5. The van der Waals surface area contributed by atoms with Crippen LogP contribution >= 0.6 is 23.5 Å². The SMILES string of the molecule is CC(=O)c1ccc[n+]([C@@H]2O[C@@H](COP(=O)(O)OP(=O)(O)OC[C@@H]3O[C@@H](n4cnc5c(N)ncnc54)[C@H](OP(=O)(O)O)[C@@H]3O)[C@@H](O)[C@H]2O)c1. The van der Waals surface area contributed by atoms with Crippen molar-refractivity contribution in [3.05, 3.63) is 42.7 Å². The van der Waals surface area contributed by atoms with Crippen LogP contribution in [0, 0.1) is 0 Å². The number of anilines is 1. The molecule has 23 nitrogen and oxygen atoms in total. The standard InChI is InChI=1S/C22H29N6O17P3/c1-10(29)11-3-2-4-27(5-11)21-17(32)15(30)12(42-21)6-40-47(36,37)45-48(38,39)41-7-13-16(31)18(44-46(33,34)35)22(43-13)28-9-26-14-19(23)24-8-25-20(14)28/h2-5,8-9,12-13,15-18,21-22,30-32H,6-7H2,1H3,(H5-,23,24,25,33,34,35,36,37,38,39)/p+1/t12-,13-,15+,16+,17+,18+,21+,22+/m0/s1. The van der Waals surface area contributed by atoms with Crippen LogP contribution in [0.25, 0.3) is 11.2 Å². The van der Waals surface area contributed by atoms with Crippen LogP contribution in [-0.4, -0.2) is 110 Å². The van der Waals surface area contributed by atoms with Gasteiger partial charge < -0.3 is 50.1 Å². The molecule has 2 aliphatic heterocycles. The summed E-state index contributed by atoms with van der Waals surface area (Å²) in [5.41, 5.74) is 6.10. The van der Waals surface area contributed by atoms with E-state index in [1.54, 1.807) is 0 Å². The van der Waals surface area contributed by atoms with Crippen molar-refractivity contribution >= 4 is 46.2 Å². The van der Waals surface area contributed by atoms with Crippen molar-refractivity contribution in [3.63, 3.8) is 0 Å². The monoisotopic (exact) mass is 743 g/mol. The first kappa shape index (κ1) is 36.6. The van der Waals surface area contributed by atoms with E-state index in [2.05, 4.69) is 19.3 Å². The van der Waals surface area contributed by atoms with Crippen molar-refractivity contribution in [2.75, 3.05) is 18.9 Å². The normalized spacial score (nSPS) is 30.3. The van der Waals surface area contributed by atoms with Gasteiger partial charge in [-0.1, -0.05) is 0 Å². The number of hydrogen-bond acceptors (Lipinski definition) is 17. The molecule has 0 aliphatic carbocycles. The third-order valence-corrected chi connectivity index (χ3v) is 10.2. The van der Waals surface area contributed by atoms with Crippen molar-refractivity contribution < 1.29 is 85.3 Å². The van der Waals surface area contributed by atoms with Gasteiger partial charge >= 0.3 is 23.5 Å². The van der Waals surface area contributed by atoms with Crippen LogP contribution in [-0.2, 0) is 41.1 Å². The smallest absolute Gasteiger partial charge is 0.387 e. The molecule has 5 heterocycles. The van der Waals surface area contributed by atoms with Gasteiger partial charge in [-0.05, 0) is 13.0 Å². The van der Waals surface area contributed by atoms with Crippen LogP contribution in [0.1, 0.15) is 29.7 Å². The molecule has 0 bridgehead atoms. The van der Waals surface area contributed by atoms with E-state index in [-0.39, 0.29) is 28.3 Å². The van der Waals surface area contributed by atoms with E-state index in [1.807, 2.05) is 0 Å². The zero-order valence-electron chi connectivity index (χ0n) is 24.4. The zero-order chi connectivity index (χ0) is 35.2. The topological polar surface area (TPSA) is 339 Å². The maximum atomic E-state index is 12.6. The average Bonchev–Trinajstić information content (AvgIpc) is 3.64. The highest BCUT2D eigenvalue weighted by Crippen LogP contribution is 2.61. The van der Waals surface area contributed by atoms with Gasteiger partial charge in [-0.3, -0.25) is 22.9 Å². The molecule has 48 heavy (non-hydrogen) atoms. The van der Waals surface area contributed by atoms with Gasteiger partial charge in [-0.2, -0.15) is 8.88 Å². The van der Waals surface area contributed by atoms with Crippen molar-refractivity contribution in [3.8, 4) is 0 Å². The second-order valence-corrected chi connectivity index (χ2v) is 14.7. The fourth-order valence-electron chi connectivity index (χ4n) is 4.89. The highest BCUT2D eigenvalue weighted by Gasteiger charge is 2.51. The molecule has 0 amide bonds. The number of phosphoric ester groups is 3. The maximum absolute atomic E-state index is 12.6. The van der Waals surface area contributed by atoms with Crippen LogP contribution in [0.4, 0.5) is 5.82 Å². The Bertz CT molecular complexity index is 1810. The number of pyridine rings is 1. The summed E-state index contributed by atoms with van der Waals surface area (Å²) in [4.78, 5) is 62.4. The van der Waals surface area contributed by atoms with Crippen molar-refractivity contribution in [2.45, 2.75) is 56.0 Å². The minimum absolute atomic E-state index is 0.00786. The van der Waals surface area contributed by atoms with Crippen LogP contribution in [0.5, 0.6) is 0 Å². The maximum Gasteiger partial charge on any atom is 0.481 e. The molecule has 2 aliphatic rings.